The van der Waals surface area contributed by atoms with Gasteiger partial charge in [0.05, 0.1) is 22.5 Å². The Kier molecular flexibility index (Phi) is 4.72. The van der Waals surface area contributed by atoms with E-state index < -0.39 is 9.84 Å². The van der Waals surface area contributed by atoms with Crippen LogP contribution in [0.3, 0.4) is 0 Å². The van der Waals surface area contributed by atoms with Gasteiger partial charge in [-0.2, -0.15) is 0 Å². The van der Waals surface area contributed by atoms with Gasteiger partial charge in [0.2, 0.25) is 0 Å². The number of carbonyl (C=O) groups excluding carboxylic acids is 1. The predicted octanol–water partition coefficient (Wildman–Crippen LogP) is 2.14. The molecule has 0 aliphatic carbocycles. The fourth-order valence-corrected chi connectivity index (χ4v) is 5.89. The van der Waals surface area contributed by atoms with E-state index in [0.717, 1.165) is 11.3 Å². The highest BCUT2D eigenvalue weighted by Crippen LogP contribution is 2.36. The smallest absolute Gasteiger partial charge is 0.266 e. The Morgan fingerprint density at radius 2 is 1.96 bits per heavy atom. The Balaban J connectivity index is 1.81. The fourth-order valence-electron chi connectivity index (χ4n) is 2.79. The molecule has 1 aromatic carbocycles. The van der Waals surface area contributed by atoms with E-state index in [1.54, 1.807) is 0 Å². The molecule has 1 aromatic rings. The van der Waals surface area contributed by atoms with Gasteiger partial charge in [0.25, 0.3) is 5.91 Å². The summed E-state index contributed by atoms with van der Waals surface area (Å²) in [5.74, 6) is -0.0619. The van der Waals surface area contributed by atoms with Crippen molar-refractivity contribution in [2.75, 3.05) is 30.5 Å². The summed E-state index contributed by atoms with van der Waals surface area (Å²) in [6, 6.07) is 7.53. The molecule has 0 saturated carbocycles. The van der Waals surface area contributed by atoms with E-state index in [9.17, 15) is 13.2 Å². The van der Waals surface area contributed by atoms with Crippen molar-refractivity contribution in [1.29, 1.82) is 0 Å². The van der Waals surface area contributed by atoms with Gasteiger partial charge in [-0.15, -0.1) is 0 Å². The van der Waals surface area contributed by atoms with Crippen molar-refractivity contribution in [3.63, 3.8) is 0 Å². The van der Waals surface area contributed by atoms with Gasteiger partial charge in [-0.25, -0.2) is 8.42 Å². The van der Waals surface area contributed by atoms with Gasteiger partial charge < -0.3 is 4.90 Å². The molecule has 0 unspecified atom stereocenters. The average Bonchev–Trinajstić information content (AvgIpc) is 2.99. The molecule has 2 heterocycles. The maximum Gasteiger partial charge on any atom is 0.266 e. The molecule has 0 radical (unpaired) electrons. The van der Waals surface area contributed by atoms with Crippen molar-refractivity contribution in [2.45, 2.75) is 12.5 Å². The average molecular weight is 383 g/mol. The number of nitrogens with zero attached hydrogens (tertiary/aromatic N) is 2. The molecule has 1 amide bonds. The summed E-state index contributed by atoms with van der Waals surface area (Å²) < 4.78 is 23.8. The highest BCUT2D eigenvalue weighted by molar-refractivity contribution is 8.26. The zero-order valence-corrected chi connectivity index (χ0v) is 15.9. The second-order valence-corrected chi connectivity index (χ2v) is 10.00. The second kappa shape index (κ2) is 6.50. The fraction of sp³-hybridized carbons (Fsp3) is 0.375. The molecule has 2 aliphatic rings. The van der Waals surface area contributed by atoms with Gasteiger partial charge in [-0.3, -0.25) is 9.69 Å². The lowest BCUT2D eigenvalue weighted by molar-refractivity contribution is -0.123. The summed E-state index contributed by atoms with van der Waals surface area (Å²) >= 11 is 6.54. The minimum atomic E-state index is -3.06. The standard InChI is InChI=1S/C16H18N2O3S3/c1-17(2)12-5-3-11(4-6-12)9-14-15(19)18(16(22)23-14)13-7-8-24(20,21)10-13/h3-6,9,13H,7-8,10H2,1-2H3/b14-9+/t13-/m0/s1. The van der Waals surface area contributed by atoms with Crippen molar-refractivity contribution >= 4 is 55.8 Å². The van der Waals surface area contributed by atoms with Gasteiger partial charge in [0.15, 0.2) is 9.84 Å². The van der Waals surface area contributed by atoms with Gasteiger partial charge in [0.1, 0.15) is 4.32 Å². The number of sulfone groups is 1. The minimum Gasteiger partial charge on any atom is -0.378 e. The summed E-state index contributed by atoms with van der Waals surface area (Å²) in [5, 5.41) is 0. The summed E-state index contributed by atoms with van der Waals surface area (Å²) in [7, 11) is 0.880. The number of amides is 1. The number of thioether (sulfide) groups is 1. The zero-order chi connectivity index (χ0) is 17.5. The molecule has 24 heavy (non-hydrogen) atoms. The Bertz CT molecular complexity index is 813. The van der Waals surface area contributed by atoms with Crippen LogP contribution in [0, 0.1) is 0 Å². The monoisotopic (exact) mass is 382 g/mol. The Hall–Kier alpha value is -1.38. The SMILES string of the molecule is CN(C)c1ccc(/C=C2/SC(=S)N([C@H]3CCS(=O)(=O)C3)C2=O)cc1. The summed E-state index contributed by atoms with van der Waals surface area (Å²) in [5.41, 5.74) is 2.00. The molecule has 2 aliphatic heterocycles. The van der Waals surface area contributed by atoms with Gasteiger partial charge in [0, 0.05) is 19.8 Å². The van der Waals surface area contributed by atoms with Crippen LogP contribution in [0.2, 0.25) is 0 Å². The third kappa shape index (κ3) is 3.50. The first kappa shape index (κ1) is 17.4. The lowest BCUT2D eigenvalue weighted by Crippen LogP contribution is -2.39. The molecular formula is C16H18N2O3S3. The number of carbonyl (C=O) groups is 1. The third-order valence-electron chi connectivity index (χ3n) is 4.10. The zero-order valence-electron chi connectivity index (χ0n) is 13.4. The maximum atomic E-state index is 12.6. The van der Waals surface area contributed by atoms with Crippen LogP contribution in [0.5, 0.6) is 0 Å². The van der Waals surface area contributed by atoms with Crippen LogP contribution in [-0.4, -0.2) is 55.2 Å². The van der Waals surface area contributed by atoms with Crippen LogP contribution in [0.15, 0.2) is 29.2 Å². The summed E-state index contributed by atoms with van der Waals surface area (Å²) in [4.78, 5) is 16.7. The van der Waals surface area contributed by atoms with E-state index in [2.05, 4.69) is 0 Å². The first-order chi connectivity index (χ1) is 11.3. The molecule has 0 bridgehead atoms. The van der Waals surface area contributed by atoms with Crippen LogP contribution in [0.4, 0.5) is 5.69 Å². The van der Waals surface area contributed by atoms with E-state index in [1.807, 2.05) is 49.3 Å². The second-order valence-electron chi connectivity index (χ2n) is 6.09. The Morgan fingerprint density at radius 1 is 1.29 bits per heavy atom. The molecule has 2 saturated heterocycles. The molecule has 8 heteroatoms. The van der Waals surface area contributed by atoms with Crippen molar-refractivity contribution in [3.05, 3.63) is 34.7 Å². The molecular weight excluding hydrogens is 364 g/mol. The molecule has 2 fully saturated rings. The highest BCUT2D eigenvalue weighted by Gasteiger charge is 2.42. The molecule has 3 rings (SSSR count). The lowest BCUT2D eigenvalue weighted by Gasteiger charge is -2.20. The highest BCUT2D eigenvalue weighted by atomic mass is 32.2. The third-order valence-corrected chi connectivity index (χ3v) is 7.19. The first-order valence-corrected chi connectivity index (χ1v) is 10.6. The largest absolute Gasteiger partial charge is 0.378 e. The van der Waals surface area contributed by atoms with E-state index in [1.165, 1.54) is 16.7 Å². The number of hydrogen-bond donors (Lipinski definition) is 0. The molecule has 0 aromatic heterocycles. The van der Waals surface area contributed by atoms with Gasteiger partial charge in [-0.1, -0.05) is 36.1 Å². The predicted molar refractivity (Wildman–Crippen MR) is 103 cm³/mol. The number of rotatable bonds is 3. The molecule has 5 nitrogen and oxygen atoms in total. The first-order valence-electron chi connectivity index (χ1n) is 7.52. The lowest BCUT2D eigenvalue weighted by atomic mass is 10.1. The Labute approximate surface area is 151 Å². The van der Waals surface area contributed by atoms with Crippen molar-refractivity contribution in [3.8, 4) is 0 Å². The molecule has 0 N–H and O–H groups in total. The van der Waals surface area contributed by atoms with Crippen LogP contribution in [-0.2, 0) is 14.6 Å². The number of benzene rings is 1. The Morgan fingerprint density at radius 3 is 2.50 bits per heavy atom. The van der Waals surface area contributed by atoms with Crippen LogP contribution in [0.1, 0.15) is 12.0 Å². The van der Waals surface area contributed by atoms with Crippen LogP contribution >= 0.6 is 24.0 Å². The van der Waals surface area contributed by atoms with Crippen molar-refractivity contribution in [2.24, 2.45) is 0 Å². The molecule has 1 atom stereocenters. The topological polar surface area (TPSA) is 57.7 Å². The number of thiocarbonyl (C=S) groups is 1. The van der Waals surface area contributed by atoms with E-state index >= 15 is 0 Å². The summed E-state index contributed by atoms with van der Waals surface area (Å²) in [6.45, 7) is 0. The van der Waals surface area contributed by atoms with Crippen LogP contribution < -0.4 is 4.90 Å². The van der Waals surface area contributed by atoms with Gasteiger partial charge >= 0.3 is 0 Å². The number of anilines is 1. The maximum absolute atomic E-state index is 12.6. The molecule has 0 spiro atoms. The van der Waals surface area contributed by atoms with Crippen molar-refractivity contribution in [1.82, 2.24) is 4.90 Å². The van der Waals surface area contributed by atoms with E-state index in [0.29, 0.717) is 15.6 Å². The van der Waals surface area contributed by atoms with E-state index in [-0.39, 0.29) is 23.5 Å². The summed E-state index contributed by atoms with van der Waals surface area (Å²) in [6.07, 6.45) is 2.27. The van der Waals surface area contributed by atoms with E-state index in [4.69, 9.17) is 12.2 Å². The van der Waals surface area contributed by atoms with Crippen molar-refractivity contribution < 1.29 is 13.2 Å². The normalized spacial score (nSPS) is 24.8. The quantitative estimate of drug-likeness (QED) is 0.590. The minimum absolute atomic E-state index is 0.00422. The van der Waals surface area contributed by atoms with Crippen LogP contribution in [0.25, 0.3) is 6.08 Å². The molecule has 128 valence electrons. The number of hydrogen-bond acceptors (Lipinski definition) is 6. The van der Waals surface area contributed by atoms with Gasteiger partial charge in [-0.05, 0) is 30.2 Å².